The van der Waals surface area contributed by atoms with Crippen LogP contribution in [0, 0.1) is 6.92 Å². The molecule has 0 unspecified atom stereocenters. The Hall–Kier alpha value is -1.89. The van der Waals surface area contributed by atoms with Crippen molar-refractivity contribution in [3.8, 4) is 0 Å². The first-order valence-corrected chi connectivity index (χ1v) is 7.76. The molecular weight excluding hydrogens is 290 g/mol. The molecule has 0 saturated heterocycles. The summed E-state index contributed by atoms with van der Waals surface area (Å²) in [6.45, 7) is 6.88. The smallest absolute Gasteiger partial charge is 0.307 e. The first-order valence-electron chi connectivity index (χ1n) is 6.95. The van der Waals surface area contributed by atoms with Gasteiger partial charge in [0.1, 0.15) is 5.69 Å². The summed E-state index contributed by atoms with van der Waals surface area (Å²) in [4.78, 5) is 31.7. The van der Waals surface area contributed by atoms with Gasteiger partial charge in [-0.05, 0) is 20.8 Å². The summed E-state index contributed by atoms with van der Waals surface area (Å²) in [5.41, 5.74) is 0.409. The number of aromatic nitrogens is 2. The molecule has 1 amide bonds. The number of thiazole rings is 1. The minimum absolute atomic E-state index is 0.157. The molecule has 0 aliphatic rings. The fourth-order valence-corrected chi connectivity index (χ4v) is 2.85. The summed E-state index contributed by atoms with van der Waals surface area (Å²) in [5.74, 6) is -0.444. The van der Waals surface area contributed by atoms with Gasteiger partial charge in [-0.2, -0.15) is 0 Å². The summed E-state index contributed by atoms with van der Waals surface area (Å²) in [6.07, 6.45) is 3.88. The molecule has 0 aliphatic carbocycles. The van der Waals surface area contributed by atoms with E-state index in [2.05, 4.69) is 4.98 Å². The minimum atomic E-state index is -0.287. The third kappa shape index (κ3) is 3.60. The summed E-state index contributed by atoms with van der Waals surface area (Å²) in [7, 11) is 0. The van der Waals surface area contributed by atoms with E-state index in [0.29, 0.717) is 25.4 Å². The second-order valence-corrected chi connectivity index (χ2v) is 5.81. The lowest BCUT2D eigenvalue weighted by Crippen LogP contribution is -2.33. The number of esters is 1. The second-order valence-electron chi connectivity index (χ2n) is 4.60. The molecule has 0 aromatic carbocycles. The number of carbonyl (C=O) groups excluding carboxylic acids is 2. The van der Waals surface area contributed by atoms with Crippen molar-refractivity contribution in [2.45, 2.75) is 27.2 Å². The van der Waals surface area contributed by atoms with E-state index in [0.717, 1.165) is 9.84 Å². The fourth-order valence-electron chi connectivity index (χ4n) is 2.04. The first-order chi connectivity index (χ1) is 10.0. The molecule has 0 bridgehead atoms. The van der Waals surface area contributed by atoms with Gasteiger partial charge in [0.2, 0.25) is 0 Å². The van der Waals surface area contributed by atoms with Gasteiger partial charge in [-0.25, -0.2) is 4.98 Å². The number of nitrogens with zero attached hydrogens (tertiary/aromatic N) is 3. The van der Waals surface area contributed by atoms with E-state index >= 15 is 0 Å². The van der Waals surface area contributed by atoms with Crippen molar-refractivity contribution in [3.63, 3.8) is 0 Å². The minimum Gasteiger partial charge on any atom is -0.466 e. The highest BCUT2D eigenvalue weighted by atomic mass is 32.1. The standard InChI is InChI=1S/C14H19N3O3S/c1-4-16(7-6-12(18)20-5-2)13(19)11-9-17-8-10(3)21-14(17)15-11/h8-9H,4-7H2,1-3H3. The lowest BCUT2D eigenvalue weighted by atomic mass is 10.3. The van der Waals surface area contributed by atoms with Crippen LogP contribution in [0.15, 0.2) is 12.4 Å². The molecule has 0 spiro atoms. The van der Waals surface area contributed by atoms with Crippen LogP contribution in [-0.4, -0.2) is 45.9 Å². The highest BCUT2D eigenvalue weighted by Crippen LogP contribution is 2.17. The predicted octanol–water partition coefficient (Wildman–Crippen LogP) is 2.12. The molecule has 21 heavy (non-hydrogen) atoms. The van der Waals surface area contributed by atoms with E-state index < -0.39 is 0 Å². The van der Waals surface area contributed by atoms with Gasteiger partial charge >= 0.3 is 5.97 Å². The molecule has 0 radical (unpaired) electrons. The van der Waals surface area contributed by atoms with Crippen molar-refractivity contribution in [2.24, 2.45) is 0 Å². The molecule has 114 valence electrons. The monoisotopic (exact) mass is 309 g/mol. The van der Waals surface area contributed by atoms with Crippen LogP contribution in [0.1, 0.15) is 35.6 Å². The van der Waals surface area contributed by atoms with Crippen molar-refractivity contribution in [2.75, 3.05) is 19.7 Å². The number of imidazole rings is 1. The number of ether oxygens (including phenoxy) is 1. The quantitative estimate of drug-likeness (QED) is 0.767. The Kier molecular flexibility index (Phi) is 4.95. The Labute approximate surface area is 127 Å². The molecule has 2 rings (SSSR count). The molecule has 6 nitrogen and oxygen atoms in total. The highest BCUT2D eigenvalue weighted by molar-refractivity contribution is 7.17. The molecule has 0 fully saturated rings. The maximum Gasteiger partial charge on any atom is 0.307 e. The molecule has 0 saturated carbocycles. The highest BCUT2D eigenvalue weighted by Gasteiger charge is 2.19. The van der Waals surface area contributed by atoms with Gasteiger partial charge < -0.3 is 9.64 Å². The Morgan fingerprint density at radius 3 is 2.76 bits per heavy atom. The lowest BCUT2D eigenvalue weighted by molar-refractivity contribution is -0.143. The average Bonchev–Trinajstić information content (AvgIpc) is 2.96. The van der Waals surface area contributed by atoms with Crippen LogP contribution in [-0.2, 0) is 9.53 Å². The van der Waals surface area contributed by atoms with Gasteiger partial charge in [0.05, 0.1) is 13.0 Å². The van der Waals surface area contributed by atoms with Crippen LogP contribution < -0.4 is 0 Å². The van der Waals surface area contributed by atoms with Crippen molar-refractivity contribution >= 4 is 28.2 Å². The van der Waals surface area contributed by atoms with E-state index in [1.807, 2.05) is 24.4 Å². The first kappa shape index (κ1) is 15.5. The van der Waals surface area contributed by atoms with E-state index in [1.54, 1.807) is 29.4 Å². The fraction of sp³-hybridized carbons (Fsp3) is 0.500. The zero-order valence-electron chi connectivity index (χ0n) is 12.5. The zero-order valence-corrected chi connectivity index (χ0v) is 13.3. The maximum atomic E-state index is 12.4. The van der Waals surface area contributed by atoms with Gasteiger partial charge in [0.15, 0.2) is 4.96 Å². The summed E-state index contributed by atoms with van der Waals surface area (Å²) in [6, 6.07) is 0. The number of fused-ring (bicyclic) bond motifs is 1. The van der Waals surface area contributed by atoms with Crippen LogP contribution in [0.25, 0.3) is 4.96 Å². The number of aryl methyl sites for hydroxylation is 1. The second kappa shape index (κ2) is 6.71. The van der Waals surface area contributed by atoms with Gasteiger partial charge in [-0.15, -0.1) is 11.3 Å². The summed E-state index contributed by atoms with van der Waals surface area (Å²) < 4.78 is 6.73. The third-order valence-electron chi connectivity index (χ3n) is 3.05. The molecular formula is C14H19N3O3S. The SMILES string of the molecule is CCOC(=O)CCN(CC)C(=O)c1cn2cc(C)sc2n1. The van der Waals surface area contributed by atoms with Crippen LogP contribution in [0.3, 0.4) is 0 Å². The Morgan fingerprint density at radius 1 is 1.38 bits per heavy atom. The number of hydrogen-bond acceptors (Lipinski definition) is 5. The van der Waals surface area contributed by atoms with Gasteiger partial charge in [-0.3, -0.25) is 14.0 Å². The number of hydrogen-bond donors (Lipinski definition) is 0. The number of amides is 1. The predicted molar refractivity (Wildman–Crippen MR) is 80.6 cm³/mol. The van der Waals surface area contributed by atoms with E-state index in [-0.39, 0.29) is 18.3 Å². The molecule has 0 N–H and O–H groups in total. The van der Waals surface area contributed by atoms with Gasteiger partial charge in [-0.1, -0.05) is 0 Å². The van der Waals surface area contributed by atoms with Crippen molar-refractivity contribution in [1.29, 1.82) is 0 Å². The number of rotatable bonds is 6. The van der Waals surface area contributed by atoms with Crippen LogP contribution in [0.4, 0.5) is 0 Å². The topological polar surface area (TPSA) is 63.9 Å². The third-order valence-corrected chi connectivity index (χ3v) is 3.96. The Morgan fingerprint density at radius 2 is 2.14 bits per heavy atom. The van der Waals surface area contributed by atoms with Crippen molar-refractivity contribution < 1.29 is 14.3 Å². The van der Waals surface area contributed by atoms with Crippen LogP contribution >= 0.6 is 11.3 Å². The molecule has 2 heterocycles. The zero-order chi connectivity index (χ0) is 15.4. The largest absolute Gasteiger partial charge is 0.466 e. The van der Waals surface area contributed by atoms with E-state index in [1.165, 1.54) is 0 Å². The molecule has 0 aliphatic heterocycles. The maximum absolute atomic E-state index is 12.4. The lowest BCUT2D eigenvalue weighted by Gasteiger charge is -2.19. The van der Waals surface area contributed by atoms with Crippen LogP contribution in [0.2, 0.25) is 0 Å². The molecule has 2 aromatic rings. The Balaban J connectivity index is 2.04. The summed E-state index contributed by atoms with van der Waals surface area (Å²) >= 11 is 1.54. The van der Waals surface area contributed by atoms with Gasteiger partial charge in [0, 0.05) is 30.4 Å². The number of carbonyl (C=O) groups is 2. The van der Waals surface area contributed by atoms with Crippen molar-refractivity contribution in [3.05, 3.63) is 23.0 Å². The van der Waals surface area contributed by atoms with E-state index in [4.69, 9.17) is 4.74 Å². The molecule has 7 heteroatoms. The molecule has 2 aromatic heterocycles. The molecule has 0 atom stereocenters. The summed E-state index contributed by atoms with van der Waals surface area (Å²) in [5, 5.41) is 0. The van der Waals surface area contributed by atoms with Crippen molar-refractivity contribution in [1.82, 2.24) is 14.3 Å². The van der Waals surface area contributed by atoms with Crippen LogP contribution in [0.5, 0.6) is 0 Å². The normalized spacial score (nSPS) is 10.8. The van der Waals surface area contributed by atoms with E-state index in [9.17, 15) is 9.59 Å². The average molecular weight is 309 g/mol. The van der Waals surface area contributed by atoms with Gasteiger partial charge in [0.25, 0.3) is 5.91 Å². The Bertz CT molecular complexity index is 615.